The third-order valence-electron chi connectivity index (χ3n) is 6.49. The topological polar surface area (TPSA) is 99.6 Å². The number of hydrogen-bond acceptors (Lipinski definition) is 5. The molecule has 1 aliphatic heterocycles. The van der Waals surface area contributed by atoms with Crippen molar-refractivity contribution in [3.8, 4) is 11.1 Å². The Kier molecular flexibility index (Phi) is 13.2. The summed E-state index contributed by atoms with van der Waals surface area (Å²) in [5.74, 6) is -0.584. The van der Waals surface area contributed by atoms with Crippen molar-refractivity contribution in [3.63, 3.8) is 0 Å². The van der Waals surface area contributed by atoms with Gasteiger partial charge in [-0.1, -0.05) is 51.9 Å². The molecule has 0 spiro atoms. The average Bonchev–Trinajstić information content (AvgIpc) is 2.87. The lowest BCUT2D eigenvalue weighted by Gasteiger charge is -2.26. The number of halogens is 1. The zero-order valence-electron chi connectivity index (χ0n) is 22.4. The van der Waals surface area contributed by atoms with Crippen LogP contribution in [-0.2, 0) is 27.9 Å². The van der Waals surface area contributed by atoms with Gasteiger partial charge in [-0.15, -0.1) is 0 Å². The van der Waals surface area contributed by atoms with Crippen LogP contribution in [0.2, 0.25) is 0 Å². The van der Waals surface area contributed by atoms with Gasteiger partial charge >= 0.3 is 0 Å². The molecule has 0 radical (unpaired) electrons. The Morgan fingerprint density at radius 1 is 0.973 bits per heavy atom. The molecule has 0 bridgehead atoms. The van der Waals surface area contributed by atoms with Gasteiger partial charge in [-0.25, -0.2) is 4.39 Å². The molecule has 0 fully saturated rings. The predicted octanol–water partition coefficient (Wildman–Crippen LogP) is 5.92. The monoisotopic (exact) mass is 535 g/mol. The maximum absolute atomic E-state index is 14.8. The van der Waals surface area contributed by atoms with Crippen LogP contribution in [0.1, 0.15) is 82.8 Å². The summed E-state index contributed by atoms with van der Waals surface area (Å²) in [6.07, 6.45) is 15.2. The van der Waals surface area contributed by atoms with Gasteiger partial charge in [0, 0.05) is 38.0 Å². The first-order valence-corrected chi connectivity index (χ1v) is 15.0. The molecular formula is C28H42FN3O4S. The molecule has 0 aliphatic carbocycles. The lowest BCUT2D eigenvalue weighted by Crippen LogP contribution is -2.32. The van der Waals surface area contributed by atoms with Crippen molar-refractivity contribution in [2.75, 3.05) is 24.2 Å². The Labute approximate surface area is 221 Å². The second kappa shape index (κ2) is 15.8. The van der Waals surface area contributed by atoms with Crippen LogP contribution < -0.4 is 10.2 Å². The third-order valence-corrected chi connectivity index (χ3v) is 7.22. The van der Waals surface area contributed by atoms with Crippen LogP contribution in [0.15, 0.2) is 30.6 Å². The maximum atomic E-state index is 14.8. The summed E-state index contributed by atoms with van der Waals surface area (Å²) in [6.45, 7) is 5.40. The first-order chi connectivity index (χ1) is 17.7. The van der Waals surface area contributed by atoms with Gasteiger partial charge in [-0.3, -0.25) is 14.3 Å². The highest BCUT2D eigenvalue weighted by Gasteiger charge is 2.25. The van der Waals surface area contributed by atoms with Crippen LogP contribution in [0.5, 0.6) is 0 Å². The number of aromatic nitrogens is 1. The molecule has 2 N–H and O–H groups in total. The van der Waals surface area contributed by atoms with Gasteiger partial charge in [0.15, 0.2) is 0 Å². The Hall–Kier alpha value is -2.36. The molecule has 206 valence electrons. The molecule has 0 unspecified atom stereocenters. The fraction of sp³-hybridized carbons (Fsp3) is 0.571. The fourth-order valence-corrected chi connectivity index (χ4v) is 4.28. The van der Waals surface area contributed by atoms with Gasteiger partial charge in [0.25, 0.3) is 10.1 Å². The van der Waals surface area contributed by atoms with Gasteiger partial charge in [0.2, 0.25) is 5.91 Å². The van der Waals surface area contributed by atoms with Crippen molar-refractivity contribution in [2.45, 2.75) is 84.6 Å². The quantitative estimate of drug-likeness (QED) is 0.244. The van der Waals surface area contributed by atoms with E-state index in [2.05, 4.69) is 23.3 Å². The van der Waals surface area contributed by atoms with Crippen molar-refractivity contribution in [1.82, 2.24) is 10.3 Å². The summed E-state index contributed by atoms with van der Waals surface area (Å²) in [7, 11) is -2.02. The Bertz CT molecular complexity index is 1110. The minimum Gasteiger partial charge on any atom is -0.313 e. The summed E-state index contributed by atoms with van der Waals surface area (Å²) < 4.78 is 41.7. The number of hydrogen-bond donors (Lipinski definition) is 2. The third kappa shape index (κ3) is 10.9. The van der Waals surface area contributed by atoms with E-state index < -0.39 is 10.1 Å². The molecule has 9 heteroatoms. The van der Waals surface area contributed by atoms with Crippen molar-refractivity contribution in [2.24, 2.45) is 0 Å². The number of unbranched alkanes of at least 4 members (excludes halogenated alkanes) is 7. The van der Waals surface area contributed by atoms with Crippen molar-refractivity contribution >= 4 is 21.7 Å². The van der Waals surface area contributed by atoms with E-state index in [9.17, 15) is 17.6 Å². The number of amides is 1. The van der Waals surface area contributed by atoms with Gasteiger partial charge in [-0.2, -0.15) is 8.42 Å². The molecule has 7 nitrogen and oxygen atoms in total. The Balaban J connectivity index is 0.000000717. The summed E-state index contributed by atoms with van der Waals surface area (Å²) in [6, 6.07) is 5.59. The summed E-state index contributed by atoms with van der Waals surface area (Å²) >= 11 is 0. The number of carbonyl (C=O) groups excluding carboxylic acids is 1. The fourth-order valence-electron chi connectivity index (χ4n) is 4.28. The summed E-state index contributed by atoms with van der Waals surface area (Å²) in [5, 5.41) is 3.51. The van der Waals surface area contributed by atoms with Gasteiger partial charge in [0.05, 0.1) is 11.4 Å². The predicted molar refractivity (Wildman–Crippen MR) is 148 cm³/mol. The van der Waals surface area contributed by atoms with Crippen LogP contribution >= 0.6 is 0 Å². The van der Waals surface area contributed by atoms with Crippen LogP contribution in [0.3, 0.4) is 0 Å². The molecular weight excluding hydrogens is 493 g/mol. The summed E-state index contributed by atoms with van der Waals surface area (Å²) in [4.78, 5) is 17.7. The van der Waals surface area contributed by atoms with E-state index in [1.807, 2.05) is 12.3 Å². The molecule has 3 rings (SSSR count). The lowest BCUT2D eigenvalue weighted by molar-refractivity contribution is -0.118. The molecule has 0 atom stereocenters. The molecule has 1 aliphatic rings. The molecule has 37 heavy (non-hydrogen) atoms. The van der Waals surface area contributed by atoms with E-state index in [0.717, 1.165) is 35.3 Å². The van der Waals surface area contributed by atoms with Crippen LogP contribution in [-0.4, -0.2) is 43.2 Å². The molecule has 1 aromatic carbocycles. The van der Waals surface area contributed by atoms with E-state index in [-0.39, 0.29) is 17.5 Å². The first-order valence-electron chi connectivity index (χ1n) is 13.3. The molecule has 2 aromatic rings. The number of fused-ring (bicyclic) bond motifs is 1. The zero-order valence-corrected chi connectivity index (χ0v) is 23.2. The van der Waals surface area contributed by atoms with Gasteiger partial charge < -0.3 is 10.2 Å². The minimum atomic E-state index is -3.66. The smallest absolute Gasteiger partial charge is 0.264 e. The van der Waals surface area contributed by atoms with Gasteiger partial charge in [-0.05, 0) is 61.2 Å². The van der Waals surface area contributed by atoms with E-state index >= 15 is 0 Å². The number of nitrogens with zero attached hydrogens (tertiary/aromatic N) is 2. The molecule has 2 heterocycles. The largest absolute Gasteiger partial charge is 0.313 e. The number of benzene rings is 1. The molecule has 0 saturated carbocycles. The highest BCUT2D eigenvalue weighted by molar-refractivity contribution is 7.85. The number of rotatable bonds is 13. The van der Waals surface area contributed by atoms with Crippen molar-refractivity contribution in [1.29, 1.82) is 0 Å². The highest BCUT2D eigenvalue weighted by Crippen LogP contribution is 2.34. The SMILES string of the molecule is CCCCCCCCCCNCc1cncc(-c2cc(F)c3c(c2)CCC(=O)N3C)c1.CCS(=O)(=O)O. The number of nitrogens with one attached hydrogen (secondary N) is 1. The highest BCUT2D eigenvalue weighted by atomic mass is 32.2. The standard InChI is InChI=1S/C26H36FN3O.C2H6O3S/c1-3-4-5-6-7-8-9-10-13-28-17-20-14-23(19-29-18-20)22-15-21-11-12-25(31)30(2)26(21)24(27)16-22;1-2-6(3,4)5/h14-16,18-19,28H,3-13,17H2,1-2H3;2H2,1H3,(H,3,4,5). The van der Waals surface area contributed by atoms with Gasteiger partial charge in [0.1, 0.15) is 5.82 Å². The van der Waals surface area contributed by atoms with E-state index in [1.165, 1.54) is 69.3 Å². The van der Waals surface area contributed by atoms with Crippen molar-refractivity contribution in [3.05, 3.63) is 47.5 Å². The lowest BCUT2D eigenvalue weighted by atomic mass is 9.96. The van der Waals surface area contributed by atoms with Crippen LogP contribution in [0.4, 0.5) is 10.1 Å². The van der Waals surface area contributed by atoms with E-state index in [4.69, 9.17) is 4.55 Å². The average molecular weight is 536 g/mol. The first kappa shape index (κ1) is 30.9. The Morgan fingerprint density at radius 3 is 2.27 bits per heavy atom. The normalized spacial score (nSPS) is 13.2. The molecule has 1 amide bonds. The summed E-state index contributed by atoms with van der Waals surface area (Å²) in [5.41, 5.74) is 4.12. The zero-order chi connectivity index (χ0) is 27.3. The number of carbonyl (C=O) groups is 1. The molecule has 1 aromatic heterocycles. The second-order valence-electron chi connectivity index (χ2n) is 9.52. The van der Waals surface area contributed by atoms with Crippen molar-refractivity contribution < 1.29 is 22.2 Å². The second-order valence-corrected chi connectivity index (χ2v) is 11.3. The number of aryl methyl sites for hydroxylation is 1. The number of anilines is 1. The number of pyridine rings is 1. The minimum absolute atomic E-state index is 0.0367. The van der Waals surface area contributed by atoms with E-state index in [0.29, 0.717) is 18.5 Å². The Morgan fingerprint density at radius 2 is 1.62 bits per heavy atom. The molecule has 0 saturated heterocycles. The van der Waals surface area contributed by atoms with E-state index in [1.54, 1.807) is 13.2 Å². The van der Waals surface area contributed by atoms with Crippen LogP contribution in [0, 0.1) is 5.82 Å². The van der Waals surface area contributed by atoms with Crippen LogP contribution in [0.25, 0.3) is 11.1 Å². The maximum Gasteiger partial charge on any atom is 0.264 e.